The maximum Gasteiger partial charge on any atom is 0.227 e. The molecular weight excluding hydrogens is 521 g/mol. The first-order chi connectivity index (χ1) is 20.1. The molecule has 5 aromatic heterocycles. The molecule has 204 valence electrons. The van der Waals surface area contributed by atoms with Gasteiger partial charge in [0.2, 0.25) is 5.91 Å². The number of halogens is 1. The fourth-order valence-electron chi connectivity index (χ4n) is 5.59. The molecule has 1 amide bonds. The lowest BCUT2D eigenvalue weighted by atomic mass is 10.1. The number of benzene rings is 1. The highest BCUT2D eigenvalue weighted by molar-refractivity contribution is 6.00. The Hall–Kier alpha value is -5.12. The van der Waals surface area contributed by atoms with Crippen LogP contribution < -0.4 is 10.1 Å². The van der Waals surface area contributed by atoms with Gasteiger partial charge in [-0.3, -0.25) is 24.8 Å². The molecule has 0 spiro atoms. The number of rotatable bonds is 6. The SMILES string of the molecule is COc1cc(F)cc(-c2nccc3[nH]c(-c4n[nH]c5cnc(-c6cncc(NC(=O)C7CCCC7)c6)cc45)cc23)c1. The summed E-state index contributed by atoms with van der Waals surface area (Å²) in [7, 11) is 1.51. The van der Waals surface area contributed by atoms with Gasteiger partial charge in [-0.1, -0.05) is 12.8 Å². The standard InChI is InChI=1S/C31H26FN7O2/c1-41-22-10-18(8-20(32)11-22)29-23-13-27(37-25(23)6-7-34-29)30-24-12-26(35-16-28(24)38-39-30)19-9-21(15-33-14-19)36-31(40)17-4-2-3-5-17/h6-17,37H,2-5H2,1H3,(H,36,40)(H,38,39). The molecule has 0 atom stereocenters. The van der Waals surface area contributed by atoms with Gasteiger partial charge in [0.1, 0.15) is 17.3 Å². The van der Waals surface area contributed by atoms with Gasteiger partial charge in [0.15, 0.2) is 0 Å². The van der Waals surface area contributed by atoms with Gasteiger partial charge in [-0.15, -0.1) is 0 Å². The van der Waals surface area contributed by atoms with Crippen molar-refractivity contribution in [3.05, 3.63) is 73.1 Å². The van der Waals surface area contributed by atoms with E-state index in [2.05, 4.69) is 35.5 Å². The summed E-state index contributed by atoms with van der Waals surface area (Å²) >= 11 is 0. The predicted octanol–water partition coefficient (Wildman–Crippen LogP) is 6.51. The van der Waals surface area contributed by atoms with Crippen LogP contribution in [0.2, 0.25) is 0 Å². The van der Waals surface area contributed by atoms with E-state index >= 15 is 0 Å². The number of nitrogens with one attached hydrogen (secondary N) is 3. The van der Waals surface area contributed by atoms with Crippen LogP contribution in [-0.4, -0.2) is 43.2 Å². The Morgan fingerprint density at radius 1 is 0.951 bits per heavy atom. The van der Waals surface area contributed by atoms with Crippen molar-refractivity contribution in [1.82, 2.24) is 30.1 Å². The highest BCUT2D eigenvalue weighted by Crippen LogP contribution is 2.35. The van der Waals surface area contributed by atoms with Gasteiger partial charge in [-0.05, 0) is 49.2 Å². The van der Waals surface area contributed by atoms with Crippen molar-refractivity contribution in [3.8, 4) is 39.7 Å². The molecule has 0 bridgehead atoms. The molecule has 1 aromatic carbocycles. The molecule has 0 saturated heterocycles. The Morgan fingerprint density at radius 3 is 2.66 bits per heavy atom. The van der Waals surface area contributed by atoms with E-state index in [1.165, 1.54) is 19.2 Å². The number of methoxy groups -OCH3 is 1. The van der Waals surface area contributed by atoms with Crippen LogP contribution in [-0.2, 0) is 4.79 Å². The number of amides is 1. The first-order valence-electron chi connectivity index (χ1n) is 13.5. The van der Waals surface area contributed by atoms with Gasteiger partial charge in [0.05, 0.1) is 47.8 Å². The Morgan fingerprint density at radius 2 is 1.80 bits per heavy atom. The molecule has 10 heteroatoms. The number of carbonyl (C=O) groups is 1. The minimum Gasteiger partial charge on any atom is -0.497 e. The molecule has 0 aliphatic heterocycles. The van der Waals surface area contributed by atoms with Crippen molar-refractivity contribution < 1.29 is 13.9 Å². The lowest BCUT2D eigenvalue weighted by Gasteiger charge is -2.11. The van der Waals surface area contributed by atoms with Crippen molar-refractivity contribution in [1.29, 1.82) is 0 Å². The first-order valence-corrected chi connectivity index (χ1v) is 13.5. The molecule has 1 saturated carbocycles. The molecule has 0 radical (unpaired) electrons. The summed E-state index contributed by atoms with van der Waals surface area (Å²) < 4.78 is 19.5. The zero-order valence-electron chi connectivity index (χ0n) is 22.2. The molecule has 9 nitrogen and oxygen atoms in total. The summed E-state index contributed by atoms with van der Waals surface area (Å²) in [4.78, 5) is 29.6. The highest BCUT2D eigenvalue weighted by atomic mass is 19.1. The summed E-state index contributed by atoms with van der Waals surface area (Å²) in [5.41, 5.74) is 6.48. The fraction of sp³-hybridized carbons (Fsp3) is 0.194. The molecule has 1 aliphatic carbocycles. The van der Waals surface area contributed by atoms with E-state index in [0.717, 1.165) is 58.7 Å². The Kier molecular flexibility index (Phi) is 6.15. The number of fused-ring (bicyclic) bond motifs is 2. The smallest absolute Gasteiger partial charge is 0.227 e. The summed E-state index contributed by atoms with van der Waals surface area (Å²) in [6.45, 7) is 0. The summed E-state index contributed by atoms with van der Waals surface area (Å²) in [5, 5.41) is 12.3. The largest absolute Gasteiger partial charge is 0.497 e. The van der Waals surface area contributed by atoms with E-state index in [0.29, 0.717) is 34.1 Å². The van der Waals surface area contributed by atoms with Crippen molar-refractivity contribution in [2.75, 3.05) is 12.4 Å². The number of anilines is 1. The van der Waals surface area contributed by atoms with E-state index in [9.17, 15) is 9.18 Å². The summed E-state index contributed by atoms with van der Waals surface area (Å²) in [6.07, 6.45) is 10.9. The predicted molar refractivity (Wildman–Crippen MR) is 155 cm³/mol. The molecule has 6 aromatic rings. The summed E-state index contributed by atoms with van der Waals surface area (Å²) in [6, 6.07) is 12.2. The molecule has 0 unspecified atom stereocenters. The van der Waals surface area contributed by atoms with Crippen LogP contribution in [0.1, 0.15) is 25.7 Å². The number of aromatic amines is 2. The molecule has 7 rings (SSSR count). The zero-order chi connectivity index (χ0) is 27.9. The van der Waals surface area contributed by atoms with Crippen LogP contribution in [0, 0.1) is 11.7 Å². The van der Waals surface area contributed by atoms with E-state index in [1.54, 1.807) is 30.9 Å². The molecule has 1 aliphatic rings. The van der Waals surface area contributed by atoms with Gasteiger partial charge < -0.3 is 15.0 Å². The number of ether oxygens (including phenoxy) is 1. The maximum atomic E-state index is 14.3. The normalized spacial score (nSPS) is 13.7. The van der Waals surface area contributed by atoms with Crippen molar-refractivity contribution in [2.45, 2.75) is 25.7 Å². The van der Waals surface area contributed by atoms with E-state index in [4.69, 9.17) is 4.74 Å². The van der Waals surface area contributed by atoms with Crippen molar-refractivity contribution in [2.24, 2.45) is 5.92 Å². The minimum atomic E-state index is -0.399. The number of hydrogen-bond donors (Lipinski definition) is 3. The van der Waals surface area contributed by atoms with Crippen LogP contribution in [0.15, 0.2) is 67.3 Å². The first kappa shape index (κ1) is 24.9. The molecule has 41 heavy (non-hydrogen) atoms. The third-order valence-electron chi connectivity index (χ3n) is 7.66. The topological polar surface area (TPSA) is 121 Å². The Bertz CT molecular complexity index is 1920. The Labute approximate surface area is 234 Å². The van der Waals surface area contributed by atoms with Gasteiger partial charge in [0.25, 0.3) is 0 Å². The van der Waals surface area contributed by atoms with Crippen LogP contribution in [0.5, 0.6) is 5.75 Å². The van der Waals surface area contributed by atoms with Gasteiger partial charge in [0, 0.05) is 51.8 Å². The fourth-order valence-corrected chi connectivity index (χ4v) is 5.59. The molecule has 3 N–H and O–H groups in total. The van der Waals surface area contributed by atoms with Gasteiger partial charge in [-0.2, -0.15) is 5.10 Å². The Balaban J connectivity index is 1.25. The van der Waals surface area contributed by atoms with Crippen molar-refractivity contribution >= 4 is 33.4 Å². The average Bonchev–Trinajstić information content (AvgIpc) is 3.76. The third kappa shape index (κ3) is 4.67. The van der Waals surface area contributed by atoms with E-state index < -0.39 is 5.82 Å². The van der Waals surface area contributed by atoms with E-state index in [1.807, 2.05) is 24.3 Å². The second-order valence-corrected chi connectivity index (χ2v) is 10.3. The number of aromatic nitrogens is 6. The lowest BCUT2D eigenvalue weighted by Crippen LogP contribution is -2.20. The molecular formula is C31H26FN7O2. The monoisotopic (exact) mass is 547 g/mol. The van der Waals surface area contributed by atoms with Crippen LogP contribution in [0.4, 0.5) is 10.1 Å². The molecule has 5 heterocycles. The second kappa shape index (κ2) is 10.1. The second-order valence-electron chi connectivity index (χ2n) is 10.3. The van der Waals surface area contributed by atoms with E-state index in [-0.39, 0.29) is 11.8 Å². The summed E-state index contributed by atoms with van der Waals surface area (Å²) in [5.74, 6) is 0.136. The quantitative estimate of drug-likeness (QED) is 0.219. The number of pyridine rings is 3. The van der Waals surface area contributed by atoms with Crippen LogP contribution >= 0.6 is 0 Å². The number of nitrogens with zero attached hydrogens (tertiary/aromatic N) is 4. The minimum absolute atomic E-state index is 0.0475. The molecule has 1 fully saturated rings. The number of hydrogen-bond acceptors (Lipinski definition) is 6. The maximum absolute atomic E-state index is 14.3. The van der Waals surface area contributed by atoms with Crippen molar-refractivity contribution in [3.63, 3.8) is 0 Å². The van der Waals surface area contributed by atoms with Crippen LogP contribution in [0.3, 0.4) is 0 Å². The zero-order valence-corrected chi connectivity index (χ0v) is 22.2. The third-order valence-corrected chi connectivity index (χ3v) is 7.66. The lowest BCUT2D eigenvalue weighted by molar-refractivity contribution is -0.119. The van der Waals surface area contributed by atoms with Crippen LogP contribution in [0.25, 0.3) is 55.7 Å². The average molecular weight is 548 g/mol. The number of H-pyrrole nitrogens is 2. The van der Waals surface area contributed by atoms with Gasteiger partial charge in [-0.25, -0.2) is 4.39 Å². The highest BCUT2D eigenvalue weighted by Gasteiger charge is 2.23. The van der Waals surface area contributed by atoms with Gasteiger partial charge >= 0.3 is 0 Å². The number of carbonyl (C=O) groups excluding carboxylic acids is 1.